The summed E-state index contributed by atoms with van der Waals surface area (Å²) in [7, 11) is 0. The molecule has 0 heterocycles. The predicted octanol–water partition coefficient (Wildman–Crippen LogP) is 2.77. The third-order valence-corrected chi connectivity index (χ3v) is 6.85. The van der Waals surface area contributed by atoms with Crippen molar-refractivity contribution in [3.8, 4) is 0 Å². The molecule has 6 atom stereocenters. The van der Waals surface area contributed by atoms with Gasteiger partial charge in [-0.1, -0.05) is 62.5 Å². The van der Waals surface area contributed by atoms with E-state index in [0.29, 0.717) is 0 Å². The zero-order chi connectivity index (χ0) is 17.0. The molecule has 2 rings (SSSR count). The molecule has 0 saturated carbocycles. The van der Waals surface area contributed by atoms with E-state index in [4.69, 9.17) is 0 Å². The van der Waals surface area contributed by atoms with Gasteiger partial charge in [-0.25, -0.2) is 0 Å². The van der Waals surface area contributed by atoms with Crippen LogP contribution in [0.5, 0.6) is 0 Å². The second-order valence-electron chi connectivity index (χ2n) is 5.90. The van der Waals surface area contributed by atoms with Gasteiger partial charge in [0.2, 0.25) is 0 Å². The van der Waals surface area contributed by atoms with E-state index in [1.54, 1.807) is 38.2 Å². The Labute approximate surface area is 154 Å². The van der Waals surface area contributed by atoms with Gasteiger partial charge in [-0.3, -0.25) is 8.42 Å². The van der Waals surface area contributed by atoms with E-state index >= 15 is 0 Å². The Balaban J connectivity index is 0.000000403. The van der Waals surface area contributed by atoms with E-state index in [-0.39, 0.29) is 28.9 Å². The molecule has 0 bridgehead atoms. The summed E-state index contributed by atoms with van der Waals surface area (Å²) in [5, 5.41) is 0. The van der Waals surface area contributed by atoms with Crippen LogP contribution in [0.1, 0.15) is 27.7 Å². The van der Waals surface area contributed by atoms with Crippen molar-refractivity contribution >= 4 is 22.2 Å². The summed E-state index contributed by atoms with van der Waals surface area (Å²) in [4.78, 5) is 0. The predicted molar refractivity (Wildman–Crippen MR) is 89.5 cm³/mol. The first-order chi connectivity index (χ1) is 10.1. The first-order valence-corrected chi connectivity index (χ1v) is 9.20. The molecule has 130 valence electrons. The van der Waals surface area contributed by atoms with Gasteiger partial charge in [0.05, 0.1) is 9.49 Å². The minimum atomic E-state index is -2.04. The molecule has 0 aromatic carbocycles. The Morgan fingerprint density at radius 2 is 1.09 bits per heavy atom. The van der Waals surface area contributed by atoms with Crippen LogP contribution in [0, 0.1) is 11.8 Å². The van der Waals surface area contributed by atoms with Crippen LogP contribution in [0.3, 0.4) is 0 Å². The number of allylic oxidation sites excluding steroid dienone is 6. The summed E-state index contributed by atoms with van der Waals surface area (Å²) in [6, 6.07) is 0. The van der Waals surface area contributed by atoms with Gasteiger partial charge in [-0.2, -0.15) is 0 Å². The first-order valence-electron chi connectivity index (χ1n) is 7.05. The van der Waals surface area contributed by atoms with Gasteiger partial charge >= 0.3 is 17.1 Å². The Hall–Kier alpha value is -0.301. The molecule has 0 amide bonds. The quantitative estimate of drug-likeness (QED) is 0.529. The molecule has 0 fully saturated rings. The second-order valence-corrected chi connectivity index (χ2v) is 8.60. The summed E-state index contributed by atoms with van der Waals surface area (Å²) in [5.41, 5.74) is 0. The maximum atomic E-state index is 10.8. The normalized spacial score (nSPS) is 37.3. The van der Waals surface area contributed by atoms with Crippen molar-refractivity contribution in [2.75, 3.05) is 0 Å². The topological polar surface area (TPSA) is 80.3 Å². The minimum Gasteiger partial charge on any atom is -0.772 e. The largest absolute Gasteiger partial charge is 2.00 e. The van der Waals surface area contributed by atoms with Crippen molar-refractivity contribution in [3.63, 3.8) is 0 Å². The molecular weight excluding hydrogens is 376 g/mol. The zero-order valence-electron chi connectivity index (χ0n) is 13.6. The maximum Gasteiger partial charge on any atom is 2.00 e. The third-order valence-electron chi connectivity index (χ3n) is 4.40. The Morgan fingerprint density at radius 3 is 1.26 bits per heavy atom. The van der Waals surface area contributed by atoms with E-state index in [1.165, 1.54) is 0 Å². The van der Waals surface area contributed by atoms with E-state index in [9.17, 15) is 17.5 Å². The van der Waals surface area contributed by atoms with E-state index in [0.717, 1.165) is 0 Å². The van der Waals surface area contributed by atoms with E-state index < -0.39 is 31.7 Å². The molecule has 2 aliphatic rings. The van der Waals surface area contributed by atoms with Gasteiger partial charge in [-0.05, 0) is 47.8 Å². The molecule has 0 radical (unpaired) electrons. The molecule has 6 unspecified atom stereocenters. The number of hydrogen-bond donors (Lipinski definition) is 0. The Kier molecular flexibility index (Phi) is 9.13. The molecule has 2 aliphatic carbocycles. The van der Waals surface area contributed by atoms with Crippen LogP contribution >= 0.6 is 0 Å². The van der Waals surface area contributed by atoms with Crippen LogP contribution in [0.4, 0.5) is 0 Å². The molecule has 4 nitrogen and oxygen atoms in total. The van der Waals surface area contributed by atoms with Crippen molar-refractivity contribution in [1.82, 2.24) is 0 Å². The summed E-state index contributed by atoms with van der Waals surface area (Å²) in [6.45, 7) is 7.24. The van der Waals surface area contributed by atoms with Crippen LogP contribution in [-0.4, -0.2) is 27.0 Å². The first kappa shape index (κ1) is 22.7. The zero-order valence-corrected chi connectivity index (χ0v) is 16.3. The Bertz CT molecular complexity index is 520. The Morgan fingerprint density at radius 1 is 0.783 bits per heavy atom. The SMILES string of the molecule is CC1C=CC=CC1(C)S(=O)[O-].CC1C=CC=CC1(C)S(=O)[O-].[Fe+2]. The van der Waals surface area contributed by atoms with Crippen molar-refractivity contribution in [1.29, 1.82) is 0 Å². The van der Waals surface area contributed by atoms with Crippen LogP contribution in [0.2, 0.25) is 0 Å². The molecule has 0 aromatic rings. The second kappa shape index (κ2) is 9.25. The smallest absolute Gasteiger partial charge is 0.772 e. The molecule has 0 spiro atoms. The fraction of sp³-hybridized carbons (Fsp3) is 0.500. The van der Waals surface area contributed by atoms with Crippen LogP contribution in [0.25, 0.3) is 0 Å². The van der Waals surface area contributed by atoms with Gasteiger partial charge in [0, 0.05) is 0 Å². The average Bonchev–Trinajstić information content (AvgIpc) is 2.46. The summed E-state index contributed by atoms with van der Waals surface area (Å²) in [6.07, 6.45) is 14.5. The molecular formula is C16H22FeO4S2. The maximum absolute atomic E-state index is 10.8. The van der Waals surface area contributed by atoms with Crippen molar-refractivity contribution in [2.24, 2.45) is 11.8 Å². The van der Waals surface area contributed by atoms with E-state index in [2.05, 4.69) is 0 Å². The van der Waals surface area contributed by atoms with Crippen LogP contribution < -0.4 is 0 Å². The average molecular weight is 398 g/mol. The van der Waals surface area contributed by atoms with Crippen LogP contribution in [0.15, 0.2) is 48.6 Å². The number of rotatable bonds is 2. The number of hydrogen-bond acceptors (Lipinski definition) is 4. The van der Waals surface area contributed by atoms with Crippen molar-refractivity contribution < 1.29 is 34.6 Å². The molecule has 23 heavy (non-hydrogen) atoms. The molecule has 7 heteroatoms. The fourth-order valence-electron chi connectivity index (χ4n) is 2.06. The summed E-state index contributed by atoms with van der Waals surface area (Å²) in [5.74, 6) is 0.122. The summed E-state index contributed by atoms with van der Waals surface area (Å²) >= 11 is -4.07. The van der Waals surface area contributed by atoms with Gasteiger partial charge in [-0.15, -0.1) is 0 Å². The third kappa shape index (κ3) is 5.34. The standard InChI is InChI=1S/2C8H12O2S.Fe/c2*1-7-5-3-4-6-8(7,2)11(9)10;/h2*3-7H,1-2H3,(H,9,10);/q;;+2/p-2. The van der Waals surface area contributed by atoms with Gasteiger partial charge < -0.3 is 9.11 Å². The molecule has 0 aliphatic heterocycles. The van der Waals surface area contributed by atoms with Crippen molar-refractivity contribution in [3.05, 3.63) is 48.6 Å². The van der Waals surface area contributed by atoms with Gasteiger partial charge in [0.25, 0.3) is 0 Å². The fourth-order valence-corrected chi connectivity index (χ4v) is 3.20. The minimum absolute atomic E-state index is 0. The van der Waals surface area contributed by atoms with Crippen molar-refractivity contribution in [2.45, 2.75) is 37.2 Å². The van der Waals surface area contributed by atoms with Crippen LogP contribution in [-0.2, 0) is 39.2 Å². The van der Waals surface area contributed by atoms with Gasteiger partial charge in [0.15, 0.2) is 0 Å². The summed E-state index contributed by atoms with van der Waals surface area (Å²) < 4.78 is 41.8. The van der Waals surface area contributed by atoms with E-state index in [1.807, 2.05) is 38.2 Å². The van der Waals surface area contributed by atoms with Gasteiger partial charge in [0.1, 0.15) is 0 Å². The molecule has 0 saturated heterocycles. The molecule has 0 N–H and O–H groups in total. The monoisotopic (exact) mass is 398 g/mol. The molecule has 0 aromatic heterocycles.